The van der Waals surface area contributed by atoms with Gasteiger partial charge in [-0.15, -0.1) is 0 Å². The standard InChI is InChI=1S/C23H31NO4/c1-2-28-22(27)23(14-16-6-4-3-5-7-16)15-18-10-13-20(23)24(18)21(26)17-8-11-19(25)12-9-17/h3-7,17-20,25H,2,8-15H2,1H3/t17?,18-,19?,20+,23+/m1/s1. The molecule has 0 radical (unpaired) electrons. The molecule has 28 heavy (non-hydrogen) atoms. The van der Waals surface area contributed by atoms with Gasteiger partial charge >= 0.3 is 5.97 Å². The van der Waals surface area contributed by atoms with Gasteiger partial charge in [0.15, 0.2) is 0 Å². The maximum atomic E-state index is 13.4. The summed E-state index contributed by atoms with van der Waals surface area (Å²) in [4.78, 5) is 28.6. The molecule has 3 aliphatic rings. The molecule has 152 valence electrons. The number of aliphatic hydroxyl groups is 1. The van der Waals surface area contributed by atoms with Crippen molar-refractivity contribution in [3.05, 3.63) is 35.9 Å². The highest BCUT2D eigenvalue weighted by Crippen LogP contribution is 2.53. The van der Waals surface area contributed by atoms with E-state index in [0.717, 1.165) is 31.2 Å². The smallest absolute Gasteiger partial charge is 0.314 e. The van der Waals surface area contributed by atoms with E-state index in [1.54, 1.807) is 0 Å². The zero-order chi connectivity index (χ0) is 19.7. The molecule has 0 aromatic heterocycles. The fourth-order valence-corrected chi connectivity index (χ4v) is 5.77. The molecule has 4 rings (SSSR count). The average molecular weight is 386 g/mol. The SMILES string of the molecule is CCOC(=O)[C@@]1(Cc2ccccc2)C[C@H]2CC[C@@H]1N2C(=O)C1CCC(O)CC1. The number of hydrogen-bond donors (Lipinski definition) is 1. The number of ether oxygens (including phenoxy) is 1. The third-order valence-corrected chi connectivity index (χ3v) is 7.09. The summed E-state index contributed by atoms with van der Waals surface area (Å²) in [6.07, 6.45) is 5.81. The Balaban J connectivity index is 1.60. The van der Waals surface area contributed by atoms with Gasteiger partial charge in [-0.3, -0.25) is 9.59 Å². The minimum absolute atomic E-state index is 0.0128. The van der Waals surface area contributed by atoms with Gasteiger partial charge in [-0.05, 0) is 63.9 Å². The van der Waals surface area contributed by atoms with Crippen LogP contribution in [0.2, 0.25) is 0 Å². The Morgan fingerprint density at radius 2 is 1.82 bits per heavy atom. The average Bonchev–Trinajstić information content (AvgIpc) is 3.25. The molecule has 2 saturated heterocycles. The number of hydrogen-bond acceptors (Lipinski definition) is 4. The van der Waals surface area contributed by atoms with Crippen molar-refractivity contribution in [2.45, 2.75) is 76.5 Å². The molecular weight excluding hydrogens is 354 g/mol. The third-order valence-electron chi connectivity index (χ3n) is 7.09. The van der Waals surface area contributed by atoms with Gasteiger partial charge in [0.1, 0.15) is 0 Å². The van der Waals surface area contributed by atoms with Gasteiger partial charge in [0.05, 0.1) is 18.1 Å². The van der Waals surface area contributed by atoms with Crippen LogP contribution in [0.5, 0.6) is 0 Å². The molecule has 1 aliphatic carbocycles. The van der Waals surface area contributed by atoms with Crippen LogP contribution in [0.15, 0.2) is 30.3 Å². The minimum Gasteiger partial charge on any atom is -0.465 e. The van der Waals surface area contributed by atoms with Gasteiger partial charge in [0.2, 0.25) is 5.91 Å². The number of carbonyl (C=O) groups excluding carboxylic acids is 2. The largest absolute Gasteiger partial charge is 0.465 e. The second kappa shape index (κ2) is 7.86. The Labute approximate surface area is 167 Å². The quantitative estimate of drug-likeness (QED) is 0.791. The van der Waals surface area contributed by atoms with Gasteiger partial charge in [-0.2, -0.15) is 0 Å². The number of carbonyl (C=O) groups is 2. The van der Waals surface area contributed by atoms with E-state index in [4.69, 9.17) is 4.74 Å². The Morgan fingerprint density at radius 1 is 1.11 bits per heavy atom. The molecular formula is C23H31NO4. The highest BCUT2D eigenvalue weighted by atomic mass is 16.5. The van der Waals surface area contributed by atoms with E-state index in [9.17, 15) is 14.7 Å². The lowest BCUT2D eigenvalue weighted by Crippen LogP contribution is -2.48. The fourth-order valence-electron chi connectivity index (χ4n) is 5.77. The first-order chi connectivity index (χ1) is 13.5. The fraction of sp³-hybridized carbons (Fsp3) is 0.652. The van der Waals surface area contributed by atoms with Crippen LogP contribution in [0.3, 0.4) is 0 Å². The lowest BCUT2D eigenvalue weighted by atomic mass is 9.70. The number of benzene rings is 1. The lowest BCUT2D eigenvalue weighted by Gasteiger charge is -2.36. The molecule has 1 aromatic carbocycles. The summed E-state index contributed by atoms with van der Waals surface area (Å²) in [5.41, 5.74) is 0.487. The molecule has 5 nitrogen and oxygen atoms in total. The second-order valence-electron chi connectivity index (χ2n) is 8.74. The van der Waals surface area contributed by atoms with E-state index < -0.39 is 5.41 Å². The number of amides is 1. The van der Waals surface area contributed by atoms with Crippen molar-refractivity contribution in [1.29, 1.82) is 0 Å². The van der Waals surface area contributed by atoms with Crippen molar-refractivity contribution < 1.29 is 19.4 Å². The molecule has 5 heteroatoms. The van der Waals surface area contributed by atoms with Gasteiger partial charge in [-0.1, -0.05) is 30.3 Å². The van der Waals surface area contributed by atoms with E-state index in [0.29, 0.717) is 32.3 Å². The first-order valence-electron chi connectivity index (χ1n) is 10.8. The Bertz CT molecular complexity index is 713. The summed E-state index contributed by atoms with van der Waals surface area (Å²) < 4.78 is 5.53. The van der Waals surface area contributed by atoms with Crippen molar-refractivity contribution in [3.63, 3.8) is 0 Å². The maximum Gasteiger partial charge on any atom is 0.314 e. The van der Waals surface area contributed by atoms with Crippen LogP contribution in [0, 0.1) is 11.3 Å². The molecule has 1 N–H and O–H groups in total. The van der Waals surface area contributed by atoms with Crippen molar-refractivity contribution in [2.75, 3.05) is 6.61 Å². The first kappa shape index (κ1) is 19.4. The molecule has 0 unspecified atom stereocenters. The molecule has 3 fully saturated rings. The van der Waals surface area contributed by atoms with E-state index in [1.165, 1.54) is 0 Å². The van der Waals surface area contributed by atoms with Crippen LogP contribution >= 0.6 is 0 Å². The van der Waals surface area contributed by atoms with Crippen molar-refractivity contribution in [3.8, 4) is 0 Å². The number of aliphatic hydroxyl groups excluding tert-OH is 1. The molecule has 1 amide bonds. The number of esters is 1. The van der Waals surface area contributed by atoms with Crippen molar-refractivity contribution in [1.82, 2.24) is 4.90 Å². The van der Waals surface area contributed by atoms with Crippen molar-refractivity contribution in [2.24, 2.45) is 11.3 Å². The zero-order valence-corrected chi connectivity index (χ0v) is 16.7. The summed E-state index contributed by atoms with van der Waals surface area (Å²) in [5.74, 6) is 0.0303. The molecule has 3 atom stereocenters. The minimum atomic E-state index is -0.635. The van der Waals surface area contributed by atoms with E-state index in [1.807, 2.05) is 30.0 Å². The molecule has 0 spiro atoms. The maximum absolute atomic E-state index is 13.4. The number of nitrogens with zero attached hydrogens (tertiary/aromatic N) is 1. The summed E-state index contributed by atoms with van der Waals surface area (Å²) in [6.45, 7) is 2.21. The topological polar surface area (TPSA) is 66.8 Å². The van der Waals surface area contributed by atoms with Gasteiger partial charge in [0, 0.05) is 18.0 Å². The predicted octanol–water partition coefficient (Wildman–Crippen LogP) is 3.09. The second-order valence-corrected chi connectivity index (χ2v) is 8.74. The van der Waals surface area contributed by atoms with E-state index >= 15 is 0 Å². The first-order valence-corrected chi connectivity index (χ1v) is 10.8. The van der Waals surface area contributed by atoms with Crippen LogP contribution in [0.4, 0.5) is 0 Å². The molecule has 2 aliphatic heterocycles. The van der Waals surface area contributed by atoms with Crippen molar-refractivity contribution >= 4 is 11.9 Å². The van der Waals surface area contributed by atoms with Crippen LogP contribution in [-0.2, 0) is 20.7 Å². The van der Waals surface area contributed by atoms with Crippen LogP contribution in [-0.4, -0.2) is 46.7 Å². The highest BCUT2D eigenvalue weighted by molar-refractivity contribution is 5.85. The summed E-state index contributed by atoms with van der Waals surface area (Å²) >= 11 is 0. The molecule has 1 aromatic rings. The summed E-state index contributed by atoms with van der Waals surface area (Å²) in [7, 11) is 0. The third kappa shape index (κ3) is 3.34. The molecule has 2 bridgehead atoms. The number of rotatable bonds is 5. The van der Waals surface area contributed by atoms with Gasteiger partial charge < -0.3 is 14.7 Å². The van der Waals surface area contributed by atoms with E-state index in [-0.39, 0.29) is 36.0 Å². The molecule has 2 heterocycles. The highest BCUT2D eigenvalue weighted by Gasteiger charge is 2.62. The Hall–Kier alpha value is -1.88. The number of fused-ring (bicyclic) bond motifs is 2. The summed E-state index contributed by atoms with van der Waals surface area (Å²) in [5, 5.41) is 9.78. The lowest BCUT2D eigenvalue weighted by molar-refractivity contribution is -0.158. The normalized spacial score (nSPS) is 34.4. The Kier molecular flexibility index (Phi) is 5.46. The van der Waals surface area contributed by atoms with Crippen LogP contribution in [0.1, 0.15) is 57.4 Å². The monoisotopic (exact) mass is 385 g/mol. The summed E-state index contributed by atoms with van der Waals surface area (Å²) in [6, 6.07) is 10.2. The van der Waals surface area contributed by atoms with Crippen LogP contribution in [0.25, 0.3) is 0 Å². The Morgan fingerprint density at radius 3 is 2.50 bits per heavy atom. The van der Waals surface area contributed by atoms with E-state index in [2.05, 4.69) is 12.1 Å². The van der Waals surface area contributed by atoms with Gasteiger partial charge in [-0.25, -0.2) is 0 Å². The van der Waals surface area contributed by atoms with Gasteiger partial charge in [0.25, 0.3) is 0 Å². The van der Waals surface area contributed by atoms with Crippen LogP contribution < -0.4 is 0 Å². The molecule has 1 saturated carbocycles. The predicted molar refractivity (Wildman–Crippen MR) is 105 cm³/mol. The zero-order valence-electron chi connectivity index (χ0n) is 16.7.